The highest BCUT2D eigenvalue weighted by atomic mass is 16.5. The number of morpholine rings is 1. The molecular weight excluding hydrogens is 326 g/mol. The summed E-state index contributed by atoms with van der Waals surface area (Å²) >= 11 is 0. The van der Waals surface area contributed by atoms with Crippen LogP contribution in [-0.2, 0) is 17.6 Å². The maximum Gasteiger partial charge on any atom is 0.322 e. The first-order valence-electron chi connectivity index (χ1n) is 9.87. The highest BCUT2D eigenvalue weighted by molar-refractivity contribution is 5.98. The minimum absolute atomic E-state index is 0.0205. The second-order valence-electron chi connectivity index (χ2n) is 7.76. The van der Waals surface area contributed by atoms with Gasteiger partial charge in [0.1, 0.15) is 0 Å². The molecule has 140 valence electrons. The van der Waals surface area contributed by atoms with Gasteiger partial charge in [-0.2, -0.15) is 0 Å². The molecule has 1 aromatic heterocycles. The maximum absolute atomic E-state index is 12.6. The van der Waals surface area contributed by atoms with E-state index in [0.717, 1.165) is 18.5 Å². The molecule has 4 rings (SSSR count). The van der Waals surface area contributed by atoms with Crippen LogP contribution in [0.3, 0.4) is 0 Å². The Morgan fingerprint density at radius 3 is 2.62 bits per heavy atom. The summed E-state index contributed by atoms with van der Waals surface area (Å²) in [6.07, 6.45) is 4.84. The molecule has 1 aromatic carbocycles. The Labute approximate surface area is 155 Å². The van der Waals surface area contributed by atoms with Crippen LogP contribution in [0.2, 0.25) is 0 Å². The van der Waals surface area contributed by atoms with Gasteiger partial charge in [0.2, 0.25) is 0 Å². The van der Waals surface area contributed by atoms with Crippen LogP contribution >= 0.6 is 0 Å². The van der Waals surface area contributed by atoms with E-state index in [9.17, 15) is 4.79 Å². The first-order valence-corrected chi connectivity index (χ1v) is 9.87. The lowest BCUT2D eigenvalue weighted by Crippen LogP contribution is -2.43. The molecule has 0 saturated carbocycles. The van der Waals surface area contributed by atoms with Crippen molar-refractivity contribution >= 4 is 22.6 Å². The zero-order valence-electron chi connectivity index (χ0n) is 16.1. The predicted molar refractivity (Wildman–Crippen MR) is 105 cm³/mol. The SMILES string of the molecule is Cc1c(NC(=O)N2CCOCC2)ccc2c1c1c(n2C(C)C)CCCC1. The molecule has 2 aliphatic rings. The van der Waals surface area contributed by atoms with E-state index in [-0.39, 0.29) is 6.03 Å². The molecule has 5 nitrogen and oxygen atoms in total. The van der Waals surface area contributed by atoms with Crippen molar-refractivity contribution in [3.63, 3.8) is 0 Å². The summed E-state index contributed by atoms with van der Waals surface area (Å²) < 4.78 is 7.85. The van der Waals surface area contributed by atoms with Crippen LogP contribution in [-0.4, -0.2) is 41.8 Å². The Bertz CT molecular complexity index is 832. The molecule has 0 bridgehead atoms. The van der Waals surface area contributed by atoms with Crippen LogP contribution < -0.4 is 5.32 Å². The monoisotopic (exact) mass is 355 g/mol. The molecular formula is C21H29N3O2. The quantitative estimate of drug-likeness (QED) is 0.874. The van der Waals surface area contributed by atoms with Gasteiger partial charge in [-0.1, -0.05) is 0 Å². The summed E-state index contributed by atoms with van der Waals surface area (Å²) in [7, 11) is 0. The van der Waals surface area contributed by atoms with Crippen LogP contribution in [0.15, 0.2) is 12.1 Å². The molecule has 0 unspecified atom stereocenters. The Morgan fingerprint density at radius 1 is 1.15 bits per heavy atom. The normalized spacial score (nSPS) is 17.6. The highest BCUT2D eigenvalue weighted by Gasteiger charge is 2.24. The molecule has 2 amide bonds. The van der Waals surface area contributed by atoms with Crippen LogP contribution in [0.5, 0.6) is 0 Å². The first-order chi connectivity index (χ1) is 12.6. The molecule has 2 aromatic rings. The number of fused-ring (bicyclic) bond motifs is 3. The lowest BCUT2D eigenvalue weighted by atomic mass is 9.93. The van der Waals surface area contributed by atoms with E-state index in [4.69, 9.17) is 4.74 Å². The average Bonchev–Trinajstić information content (AvgIpc) is 3.00. The number of amides is 2. The van der Waals surface area contributed by atoms with Gasteiger partial charge in [0.05, 0.1) is 13.2 Å². The molecule has 1 aliphatic heterocycles. The van der Waals surface area contributed by atoms with Crippen molar-refractivity contribution in [2.45, 2.75) is 52.5 Å². The summed E-state index contributed by atoms with van der Waals surface area (Å²) in [5, 5.41) is 4.49. The number of ether oxygens (including phenoxy) is 1. The number of hydrogen-bond acceptors (Lipinski definition) is 2. The Morgan fingerprint density at radius 2 is 1.88 bits per heavy atom. The number of anilines is 1. The van der Waals surface area contributed by atoms with E-state index in [0.29, 0.717) is 32.3 Å². The first kappa shape index (κ1) is 17.4. The van der Waals surface area contributed by atoms with Gasteiger partial charge >= 0.3 is 6.03 Å². The number of nitrogens with zero attached hydrogens (tertiary/aromatic N) is 2. The van der Waals surface area contributed by atoms with Crippen LogP contribution in [0.1, 0.15) is 49.6 Å². The lowest BCUT2D eigenvalue weighted by Gasteiger charge is -2.27. The van der Waals surface area contributed by atoms with Gasteiger partial charge in [-0.15, -0.1) is 0 Å². The van der Waals surface area contributed by atoms with Crippen molar-refractivity contribution in [2.24, 2.45) is 0 Å². The Balaban J connectivity index is 1.74. The topological polar surface area (TPSA) is 46.5 Å². The average molecular weight is 355 g/mol. The van der Waals surface area contributed by atoms with Crippen molar-refractivity contribution in [3.8, 4) is 0 Å². The number of benzene rings is 1. The number of hydrogen-bond donors (Lipinski definition) is 1. The Kier molecular flexibility index (Phi) is 4.65. The van der Waals surface area contributed by atoms with Crippen LogP contribution in [0.25, 0.3) is 10.9 Å². The largest absolute Gasteiger partial charge is 0.378 e. The molecule has 1 saturated heterocycles. The minimum atomic E-state index is -0.0205. The second-order valence-corrected chi connectivity index (χ2v) is 7.76. The fourth-order valence-corrected chi connectivity index (χ4v) is 4.53. The van der Waals surface area contributed by atoms with Crippen molar-refractivity contribution in [1.82, 2.24) is 9.47 Å². The number of aromatic nitrogens is 1. The van der Waals surface area contributed by atoms with E-state index in [1.165, 1.54) is 40.6 Å². The molecule has 0 spiro atoms. The highest BCUT2D eigenvalue weighted by Crippen LogP contribution is 2.38. The molecule has 1 N–H and O–H groups in total. The van der Waals surface area contributed by atoms with Crippen molar-refractivity contribution in [1.29, 1.82) is 0 Å². The fourth-order valence-electron chi connectivity index (χ4n) is 4.53. The van der Waals surface area contributed by atoms with Gasteiger partial charge in [0.15, 0.2) is 0 Å². The van der Waals surface area contributed by atoms with Gasteiger partial charge < -0.3 is 19.5 Å². The Hall–Kier alpha value is -2.01. The van der Waals surface area contributed by atoms with E-state index in [2.05, 4.69) is 42.8 Å². The third-order valence-electron chi connectivity index (χ3n) is 5.79. The summed E-state index contributed by atoms with van der Waals surface area (Å²) in [5.41, 5.74) is 6.44. The van der Waals surface area contributed by atoms with Gasteiger partial charge in [-0.3, -0.25) is 0 Å². The summed E-state index contributed by atoms with van der Waals surface area (Å²) in [6, 6.07) is 4.69. The van der Waals surface area contributed by atoms with E-state index in [1.807, 2.05) is 4.90 Å². The van der Waals surface area contributed by atoms with Crippen molar-refractivity contribution in [3.05, 3.63) is 29.0 Å². The lowest BCUT2D eigenvalue weighted by molar-refractivity contribution is 0.0564. The number of nitrogens with one attached hydrogen (secondary N) is 1. The van der Waals surface area contributed by atoms with E-state index >= 15 is 0 Å². The summed E-state index contributed by atoms with van der Waals surface area (Å²) in [5.74, 6) is 0. The molecule has 0 radical (unpaired) electrons. The molecule has 0 atom stereocenters. The third-order valence-corrected chi connectivity index (χ3v) is 5.79. The maximum atomic E-state index is 12.6. The third kappa shape index (κ3) is 2.88. The van der Waals surface area contributed by atoms with E-state index < -0.39 is 0 Å². The number of carbonyl (C=O) groups excluding carboxylic acids is 1. The second kappa shape index (κ2) is 6.95. The number of urea groups is 1. The van der Waals surface area contributed by atoms with Gasteiger partial charge in [0.25, 0.3) is 0 Å². The summed E-state index contributed by atoms with van der Waals surface area (Å²) in [4.78, 5) is 14.4. The molecule has 5 heteroatoms. The molecule has 26 heavy (non-hydrogen) atoms. The molecule has 2 heterocycles. The molecule has 1 fully saturated rings. The van der Waals surface area contributed by atoms with Crippen molar-refractivity contribution in [2.75, 3.05) is 31.6 Å². The van der Waals surface area contributed by atoms with Gasteiger partial charge in [0, 0.05) is 41.4 Å². The summed E-state index contributed by atoms with van der Waals surface area (Å²) in [6.45, 7) is 9.23. The standard InChI is InChI=1S/C21H29N3O2/c1-14(2)24-18-7-5-4-6-16(18)20-15(3)17(8-9-19(20)24)22-21(25)23-10-12-26-13-11-23/h8-9,14H,4-7,10-13H2,1-3H3,(H,22,25). The number of carbonyl (C=O) groups is 1. The zero-order valence-corrected chi connectivity index (χ0v) is 16.1. The van der Waals surface area contributed by atoms with Crippen LogP contribution in [0.4, 0.5) is 10.5 Å². The van der Waals surface area contributed by atoms with Gasteiger partial charge in [-0.05, 0) is 69.7 Å². The van der Waals surface area contributed by atoms with Crippen LogP contribution in [0, 0.1) is 6.92 Å². The minimum Gasteiger partial charge on any atom is -0.378 e. The van der Waals surface area contributed by atoms with Crippen molar-refractivity contribution < 1.29 is 9.53 Å². The zero-order chi connectivity index (χ0) is 18.3. The fraction of sp³-hybridized carbons (Fsp3) is 0.571. The number of aryl methyl sites for hydroxylation is 2. The molecule has 1 aliphatic carbocycles. The van der Waals surface area contributed by atoms with E-state index in [1.54, 1.807) is 0 Å². The van der Waals surface area contributed by atoms with Gasteiger partial charge in [-0.25, -0.2) is 4.79 Å². The smallest absolute Gasteiger partial charge is 0.322 e. The number of rotatable bonds is 2. The predicted octanol–water partition coefficient (Wildman–Crippen LogP) is 4.27.